The van der Waals surface area contributed by atoms with E-state index < -0.39 is 0 Å². The van der Waals surface area contributed by atoms with Gasteiger partial charge in [0.05, 0.1) is 10.6 Å². The van der Waals surface area contributed by atoms with Crippen molar-refractivity contribution in [3.63, 3.8) is 0 Å². The van der Waals surface area contributed by atoms with Crippen LogP contribution >= 0.6 is 11.8 Å². The predicted molar refractivity (Wildman–Crippen MR) is 114 cm³/mol. The molecular formula is C23H17FN2O2S. The van der Waals surface area contributed by atoms with Gasteiger partial charge in [0.2, 0.25) is 0 Å². The Hall–Kier alpha value is -3.38. The largest absolute Gasteiger partial charge is 0.489 e. The second-order valence-electron chi connectivity index (χ2n) is 6.30. The van der Waals surface area contributed by atoms with Crippen LogP contribution in [0.15, 0.2) is 88.8 Å². The summed E-state index contributed by atoms with van der Waals surface area (Å²) in [5.41, 5.74) is 2.57. The topological polar surface area (TPSA) is 50.7 Å². The minimum absolute atomic E-state index is 0.208. The number of nitrogens with zero attached hydrogens (tertiary/aromatic N) is 1. The number of ether oxygens (including phenoxy) is 1. The molecule has 144 valence electrons. The first kappa shape index (κ1) is 19.0. The van der Waals surface area contributed by atoms with Crippen LogP contribution in [0, 0.1) is 5.82 Å². The van der Waals surface area contributed by atoms with Gasteiger partial charge in [0, 0.05) is 0 Å². The maximum atomic E-state index is 13.0. The van der Waals surface area contributed by atoms with Crippen LogP contribution in [-0.2, 0) is 11.4 Å². The van der Waals surface area contributed by atoms with Crippen LogP contribution in [0.1, 0.15) is 11.1 Å². The summed E-state index contributed by atoms with van der Waals surface area (Å²) in [4.78, 5) is 17.1. The highest BCUT2D eigenvalue weighted by Crippen LogP contribution is 2.28. The van der Waals surface area contributed by atoms with Gasteiger partial charge in [0.15, 0.2) is 5.17 Å². The molecule has 0 aliphatic carbocycles. The zero-order valence-electron chi connectivity index (χ0n) is 15.3. The molecule has 1 N–H and O–H groups in total. The SMILES string of the molecule is O=C1NC(=Nc2ccc(F)cc2)S/C1=C/c1ccc(OCc2ccccc2)cc1. The van der Waals surface area contributed by atoms with E-state index in [1.807, 2.05) is 54.6 Å². The maximum absolute atomic E-state index is 13.0. The monoisotopic (exact) mass is 404 g/mol. The van der Waals surface area contributed by atoms with Crippen LogP contribution in [0.25, 0.3) is 6.08 Å². The summed E-state index contributed by atoms with van der Waals surface area (Å²) in [5, 5.41) is 3.19. The van der Waals surface area contributed by atoms with Gasteiger partial charge in [-0.15, -0.1) is 0 Å². The van der Waals surface area contributed by atoms with E-state index in [1.54, 1.807) is 18.2 Å². The van der Waals surface area contributed by atoms with E-state index in [9.17, 15) is 9.18 Å². The van der Waals surface area contributed by atoms with E-state index in [4.69, 9.17) is 4.74 Å². The third-order valence-corrected chi connectivity index (χ3v) is 5.04. The standard InChI is InChI=1S/C23H17FN2O2S/c24-18-8-10-19(11-9-18)25-23-26-22(27)21(29-23)14-16-6-12-20(13-7-16)28-15-17-4-2-1-3-5-17/h1-14H,15H2,(H,25,26,27)/b21-14+. The molecule has 1 fully saturated rings. The second kappa shape index (κ2) is 8.75. The Bertz CT molecular complexity index is 1060. The van der Waals surface area contributed by atoms with Crippen molar-refractivity contribution in [3.05, 3.63) is 101 Å². The van der Waals surface area contributed by atoms with Crippen molar-refractivity contribution in [2.75, 3.05) is 0 Å². The van der Waals surface area contributed by atoms with Crippen LogP contribution < -0.4 is 10.1 Å². The molecular weight excluding hydrogens is 387 g/mol. The third kappa shape index (κ3) is 5.12. The minimum atomic E-state index is -0.325. The molecule has 1 aliphatic heterocycles. The average molecular weight is 404 g/mol. The summed E-state index contributed by atoms with van der Waals surface area (Å²) in [7, 11) is 0. The van der Waals surface area contributed by atoms with E-state index >= 15 is 0 Å². The molecule has 4 rings (SSSR count). The van der Waals surface area contributed by atoms with Crippen LogP contribution in [0.5, 0.6) is 5.75 Å². The molecule has 0 bridgehead atoms. The molecule has 0 spiro atoms. The Labute approximate surface area is 172 Å². The number of carbonyl (C=O) groups is 1. The summed E-state index contributed by atoms with van der Waals surface area (Å²) >= 11 is 1.25. The molecule has 0 saturated carbocycles. The fourth-order valence-corrected chi connectivity index (χ4v) is 3.51. The first-order valence-electron chi connectivity index (χ1n) is 8.98. The first-order chi connectivity index (χ1) is 14.2. The predicted octanol–water partition coefficient (Wildman–Crippen LogP) is 5.30. The Balaban J connectivity index is 1.41. The minimum Gasteiger partial charge on any atom is -0.489 e. The molecule has 4 nitrogen and oxygen atoms in total. The van der Waals surface area contributed by atoms with Crippen LogP contribution in [-0.4, -0.2) is 11.1 Å². The second-order valence-corrected chi connectivity index (χ2v) is 7.33. The molecule has 0 unspecified atom stereocenters. The number of thioether (sulfide) groups is 1. The molecule has 29 heavy (non-hydrogen) atoms. The van der Waals surface area contributed by atoms with E-state index in [1.165, 1.54) is 23.9 Å². The zero-order chi connectivity index (χ0) is 20.1. The number of benzene rings is 3. The molecule has 1 aliphatic rings. The number of amidine groups is 1. The highest BCUT2D eigenvalue weighted by Gasteiger charge is 2.23. The number of nitrogens with one attached hydrogen (secondary N) is 1. The Morgan fingerprint density at radius 2 is 1.69 bits per heavy atom. The number of hydrogen-bond donors (Lipinski definition) is 1. The fraction of sp³-hybridized carbons (Fsp3) is 0.0435. The Morgan fingerprint density at radius 1 is 0.966 bits per heavy atom. The Kier molecular flexibility index (Phi) is 5.72. The molecule has 6 heteroatoms. The zero-order valence-corrected chi connectivity index (χ0v) is 16.2. The van der Waals surface area contributed by atoms with E-state index in [0.717, 1.165) is 16.9 Å². The first-order valence-corrected chi connectivity index (χ1v) is 9.79. The third-order valence-electron chi connectivity index (χ3n) is 4.13. The summed E-state index contributed by atoms with van der Waals surface area (Å²) in [6.07, 6.45) is 1.80. The fourth-order valence-electron chi connectivity index (χ4n) is 2.67. The molecule has 0 radical (unpaired) electrons. The van der Waals surface area contributed by atoms with Crippen molar-refractivity contribution >= 4 is 34.6 Å². The lowest BCUT2D eigenvalue weighted by molar-refractivity contribution is -0.115. The van der Waals surface area contributed by atoms with Gasteiger partial charge in [-0.05, 0) is 65.4 Å². The van der Waals surface area contributed by atoms with Gasteiger partial charge < -0.3 is 10.1 Å². The van der Waals surface area contributed by atoms with Gasteiger partial charge in [0.1, 0.15) is 18.2 Å². The molecule has 0 aromatic heterocycles. The molecule has 0 atom stereocenters. The molecule has 3 aromatic carbocycles. The number of hydrogen-bond acceptors (Lipinski definition) is 4. The van der Waals surface area contributed by atoms with Crippen LogP contribution in [0.2, 0.25) is 0 Å². The van der Waals surface area contributed by atoms with E-state index in [2.05, 4.69) is 10.3 Å². The van der Waals surface area contributed by atoms with E-state index in [-0.39, 0.29) is 11.7 Å². The lowest BCUT2D eigenvalue weighted by Crippen LogP contribution is -2.19. The smallest absolute Gasteiger partial charge is 0.264 e. The van der Waals surface area contributed by atoms with Crippen LogP contribution in [0.3, 0.4) is 0 Å². The molecule has 1 saturated heterocycles. The number of amides is 1. The normalized spacial score (nSPS) is 16.2. The van der Waals surface area contributed by atoms with Crippen molar-refractivity contribution in [2.24, 2.45) is 4.99 Å². The van der Waals surface area contributed by atoms with Gasteiger partial charge in [0.25, 0.3) is 5.91 Å². The maximum Gasteiger partial charge on any atom is 0.264 e. The van der Waals surface area contributed by atoms with E-state index in [0.29, 0.717) is 22.4 Å². The summed E-state index contributed by atoms with van der Waals surface area (Å²) in [5.74, 6) is 0.229. The summed E-state index contributed by atoms with van der Waals surface area (Å²) < 4.78 is 18.8. The molecule has 1 heterocycles. The lowest BCUT2D eigenvalue weighted by atomic mass is 10.2. The Morgan fingerprint density at radius 3 is 2.41 bits per heavy atom. The van der Waals surface area contributed by atoms with Crippen molar-refractivity contribution in [1.29, 1.82) is 0 Å². The van der Waals surface area contributed by atoms with Gasteiger partial charge >= 0.3 is 0 Å². The highest BCUT2D eigenvalue weighted by molar-refractivity contribution is 8.18. The number of carbonyl (C=O) groups excluding carboxylic acids is 1. The average Bonchev–Trinajstić information content (AvgIpc) is 3.08. The number of aliphatic imine (C=N–C) groups is 1. The van der Waals surface area contributed by atoms with Crippen molar-refractivity contribution in [1.82, 2.24) is 5.32 Å². The van der Waals surface area contributed by atoms with Gasteiger partial charge in [-0.3, -0.25) is 4.79 Å². The van der Waals surface area contributed by atoms with Gasteiger partial charge in [-0.1, -0.05) is 42.5 Å². The van der Waals surface area contributed by atoms with Crippen molar-refractivity contribution in [2.45, 2.75) is 6.61 Å². The van der Waals surface area contributed by atoms with Crippen molar-refractivity contribution in [3.8, 4) is 5.75 Å². The van der Waals surface area contributed by atoms with Gasteiger partial charge in [-0.2, -0.15) is 0 Å². The summed E-state index contributed by atoms with van der Waals surface area (Å²) in [6, 6.07) is 23.3. The number of rotatable bonds is 5. The number of halogens is 1. The van der Waals surface area contributed by atoms with Gasteiger partial charge in [-0.25, -0.2) is 9.38 Å². The van der Waals surface area contributed by atoms with Crippen molar-refractivity contribution < 1.29 is 13.9 Å². The quantitative estimate of drug-likeness (QED) is 0.588. The lowest BCUT2D eigenvalue weighted by Gasteiger charge is -2.06. The summed E-state index contributed by atoms with van der Waals surface area (Å²) in [6.45, 7) is 0.503. The molecule has 1 amide bonds. The highest BCUT2D eigenvalue weighted by atomic mass is 32.2. The molecule has 3 aromatic rings. The van der Waals surface area contributed by atoms with Crippen LogP contribution in [0.4, 0.5) is 10.1 Å².